The van der Waals surface area contributed by atoms with Crippen molar-refractivity contribution in [1.82, 2.24) is 15.6 Å². The molecule has 0 aliphatic rings. The molecule has 0 aliphatic heterocycles. The highest BCUT2D eigenvalue weighted by Gasteiger charge is 2.08. The third kappa shape index (κ3) is 6.77. The third-order valence-corrected chi connectivity index (χ3v) is 2.27. The van der Waals surface area contributed by atoms with Crippen LogP contribution in [0.3, 0.4) is 0 Å². The van der Waals surface area contributed by atoms with Gasteiger partial charge in [-0.2, -0.15) is 0 Å². The monoisotopic (exact) mass is 265 g/mol. The smallest absolute Gasteiger partial charge is 0.321 e. The van der Waals surface area contributed by atoms with Crippen LogP contribution >= 0.6 is 0 Å². The lowest BCUT2D eigenvalue weighted by Gasteiger charge is -2.06. The van der Waals surface area contributed by atoms with E-state index in [0.717, 1.165) is 5.56 Å². The Bertz CT molecular complexity index is 448. The highest BCUT2D eigenvalue weighted by Crippen LogP contribution is 1.95. The molecule has 3 amide bonds. The number of pyridine rings is 1. The fourth-order valence-electron chi connectivity index (χ4n) is 1.32. The first-order chi connectivity index (χ1) is 9.08. The molecule has 19 heavy (non-hydrogen) atoms. The molecule has 0 unspecified atom stereocenters. The standard InChI is InChI=1S/C12H15N3O4/c16-10(1-2-11(17)18)15-12(19)14-8-5-9-3-6-13-7-4-9/h3-4,6-7H,1-2,5,8H2,(H,17,18)(H2,14,15,16,19). The predicted molar refractivity (Wildman–Crippen MR) is 66.4 cm³/mol. The van der Waals surface area contributed by atoms with Crippen molar-refractivity contribution in [2.45, 2.75) is 19.3 Å². The highest BCUT2D eigenvalue weighted by molar-refractivity contribution is 5.95. The van der Waals surface area contributed by atoms with Crippen LogP contribution in [0.15, 0.2) is 24.5 Å². The largest absolute Gasteiger partial charge is 0.481 e. The summed E-state index contributed by atoms with van der Waals surface area (Å²) in [6.45, 7) is 0.377. The summed E-state index contributed by atoms with van der Waals surface area (Å²) in [5.74, 6) is -1.68. The van der Waals surface area contributed by atoms with Crippen molar-refractivity contribution in [2.24, 2.45) is 0 Å². The summed E-state index contributed by atoms with van der Waals surface area (Å²) in [4.78, 5) is 36.5. The van der Waals surface area contributed by atoms with Gasteiger partial charge in [-0.25, -0.2) is 4.79 Å². The molecule has 0 aliphatic carbocycles. The zero-order chi connectivity index (χ0) is 14.1. The van der Waals surface area contributed by atoms with Crippen LogP contribution in [0.5, 0.6) is 0 Å². The number of carboxylic acids is 1. The van der Waals surface area contributed by atoms with E-state index in [1.807, 2.05) is 12.1 Å². The molecule has 0 atom stereocenters. The Hall–Kier alpha value is -2.44. The van der Waals surface area contributed by atoms with Crippen molar-refractivity contribution in [3.8, 4) is 0 Å². The topological polar surface area (TPSA) is 108 Å². The molecule has 7 nitrogen and oxygen atoms in total. The van der Waals surface area contributed by atoms with Gasteiger partial charge in [0.25, 0.3) is 0 Å². The molecule has 3 N–H and O–H groups in total. The minimum absolute atomic E-state index is 0.215. The van der Waals surface area contributed by atoms with E-state index in [0.29, 0.717) is 13.0 Å². The Morgan fingerprint density at radius 3 is 2.47 bits per heavy atom. The van der Waals surface area contributed by atoms with E-state index in [1.54, 1.807) is 12.4 Å². The van der Waals surface area contributed by atoms with E-state index in [-0.39, 0.29) is 12.8 Å². The Labute approximate surface area is 110 Å². The maximum absolute atomic E-state index is 11.3. The summed E-state index contributed by atoms with van der Waals surface area (Å²) in [5.41, 5.74) is 1.02. The quantitative estimate of drug-likeness (QED) is 0.686. The lowest BCUT2D eigenvalue weighted by molar-refractivity contribution is -0.138. The number of nitrogens with zero attached hydrogens (tertiary/aromatic N) is 1. The van der Waals surface area contributed by atoms with Crippen LogP contribution in [0.1, 0.15) is 18.4 Å². The second-order valence-electron chi connectivity index (χ2n) is 3.80. The van der Waals surface area contributed by atoms with Crippen molar-refractivity contribution >= 4 is 17.9 Å². The van der Waals surface area contributed by atoms with Crippen molar-refractivity contribution in [1.29, 1.82) is 0 Å². The van der Waals surface area contributed by atoms with Crippen LogP contribution < -0.4 is 10.6 Å². The number of amides is 3. The molecule has 0 saturated heterocycles. The summed E-state index contributed by atoms with van der Waals surface area (Å²) >= 11 is 0. The van der Waals surface area contributed by atoms with Crippen LogP contribution in [0, 0.1) is 0 Å². The van der Waals surface area contributed by atoms with Gasteiger partial charge in [-0.05, 0) is 24.1 Å². The van der Waals surface area contributed by atoms with Gasteiger partial charge < -0.3 is 10.4 Å². The van der Waals surface area contributed by atoms with E-state index in [2.05, 4.69) is 15.6 Å². The number of aliphatic carboxylic acids is 1. The third-order valence-electron chi connectivity index (χ3n) is 2.27. The number of carboxylic acid groups (broad SMARTS) is 1. The number of aromatic nitrogens is 1. The van der Waals surface area contributed by atoms with Crippen LogP contribution in [0.4, 0.5) is 4.79 Å². The molecule has 0 saturated carbocycles. The van der Waals surface area contributed by atoms with E-state index < -0.39 is 17.9 Å². The lowest BCUT2D eigenvalue weighted by atomic mass is 10.2. The highest BCUT2D eigenvalue weighted by atomic mass is 16.4. The summed E-state index contributed by atoms with van der Waals surface area (Å²) in [6.07, 6.45) is 3.43. The molecule has 102 valence electrons. The zero-order valence-electron chi connectivity index (χ0n) is 10.3. The SMILES string of the molecule is O=C(O)CCC(=O)NC(=O)NCCc1ccncc1. The average Bonchev–Trinajstić information content (AvgIpc) is 2.37. The van der Waals surface area contributed by atoms with Gasteiger partial charge in [0.05, 0.1) is 6.42 Å². The summed E-state index contributed by atoms with van der Waals surface area (Å²) in [6, 6.07) is 3.04. The number of hydrogen-bond donors (Lipinski definition) is 3. The van der Waals surface area contributed by atoms with Gasteiger partial charge in [0.1, 0.15) is 0 Å². The van der Waals surface area contributed by atoms with E-state index >= 15 is 0 Å². The van der Waals surface area contributed by atoms with Gasteiger partial charge in [0, 0.05) is 25.4 Å². The maximum Gasteiger partial charge on any atom is 0.321 e. The van der Waals surface area contributed by atoms with E-state index in [9.17, 15) is 14.4 Å². The Balaban J connectivity index is 2.17. The van der Waals surface area contributed by atoms with Crippen molar-refractivity contribution in [3.63, 3.8) is 0 Å². The van der Waals surface area contributed by atoms with Crippen LogP contribution in [-0.2, 0) is 16.0 Å². The minimum atomic E-state index is -1.08. The molecule has 1 heterocycles. The Kier molecular flexibility index (Phi) is 6.00. The fraction of sp³-hybridized carbons (Fsp3) is 0.333. The second kappa shape index (κ2) is 7.80. The molecule has 0 bridgehead atoms. The molecular formula is C12H15N3O4. The van der Waals surface area contributed by atoms with Crippen LogP contribution in [-0.4, -0.2) is 34.5 Å². The number of carbonyl (C=O) groups excluding carboxylic acids is 2. The molecule has 0 aromatic carbocycles. The molecule has 7 heteroatoms. The minimum Gasteiger partial charge on any atom is -0.481 e. The van der Waals surface area contributed by atoms with Gasteiger partial charge in [0.15, 0.2) is 0 Å². The van der Waals surface area contributed by atoms with Gasteiger partial charge in [-0.3, -0.25) is 19.9 Å². The number of urea groups is 1. The van der Waals surface area contributed by atoms with Gasteiger partial charge in [0.2, 0.25) is 5.91 Å². The fourth-order valence-corrected chi connectivity index (χ4v) is 1.32. The van der Waals surface area contributed by atoms with E-state index in [1.165, 1.54) is 0 Å². The Morgan fingerprint density at radius 2 is 1.84 bits per heavy atom. The first-order valence-electron chi connectivity index (χ1n) is 5.76. The summed E-state index contributed by atoms with van der Waals surface area (Å²) in [5, 5.41) is 12.9. The molecule has 1 aromatic heterocycles. The van der Waals surface area contributed by atoms with Crippen LogP contribution in [0.2, 0.25) is 0 Å². The molecule has 0 radical (unpaired) electrons. The molecular weight excluding hydrogens is 250 g/mol. The zero-order valence-corrected chi connectivity index (χ0v) is 10.3. The molecule has 1 rings (SSSR count). The molecule has 0 spiro atoms. The van der Waals surface area contributed by atoms with Gasteiger partial charge >= 0.3 is 12.0 Å². The maximum atomic E-state index is 11.3. The van der Waals surface area contributed by atoms with Gasteiger partial charge in [-0.1, -0.05) is 0 Å². The Morgan fingerprint density at radius 1 is 1.16 bits per heavy atom. The normalized spacial score (nSPS) is 9.68. The second-order valence-corrected chi connectivity index (χ2v) is 3.80. The number of rotatable bonds is 6. The number of imide groups is 1. The van der Waals surface area contributed by atoms with Crippen molar-refractivity contribution in [3.05, 3.63) is 30.1 Å². The first-order valence-corrected chi connectivity index (χ1v) is 5.76. The number of nitrogens with one attached hydrogen (secondary N) is 2. The van der Waals surface area contributed by atoms with Crippen molar-refractivity contribution in [2.75, 3.05) is 6.54 Å². The first kappa shape index (κ1) is 14.6. The molecule has 0 fully saturated rings. The van der Waals surface area contributed by atoms with E-state index in [4.69, 9.17) is 5.11 Å². The van der Waals surface area contributed by atoms with Crippen molar-refractivity contribution < 1.29 is 19.5 Å². The summed E-state index contributed by atoms with van der Waals surface area (Å²) < 4.78 is 0. The predicted octanol–water partition coefficient (Wildman–Crippen LogP) is 0.315. The van der Waals surface area contributed by atoms with Gasteiger partial charge in [-0.15, -0.1) is 0 Å². The average molecular weight is 265 g/mol. The number of hydrogen-bond acceptors (Lipinski definition) is 4. The van der Waals surface area contributed by atoms with Crippen LogP contribution in [0.25, 0.3) is 0 Å². The molecule has 1 aromatic rings. The summed E-state index contributed by atoms with van der Waals surface area (Å²) in [7, 11) is 0. The lowest BCUT2D eigenvalue weighted by Crippen LogP contribution is -2.40. The number of carbonyl (C=O) groups is 3.